The zero-order valence-corrected chi connectivity index (χ0v) is 17.3. The number of piperidine rings is 1. The average Bonchev–Trinajstić information content (AvgIpc) is 3.15. The lowest BCUT2D eigenvalue weighted by atomic mass is 9.97. The van der Waals surface area contributed by atoms with Gasteiger partial charge in [0.25, 0.3) is 5.91 Å². The Balaban J connectivity index is 1.50. The van der Waals surface area contributed by atoms with Gasteiger partial charge in [-0.15, -0.1) is 0 Å². The van der Waals surface area contributed by atoms with Crippen LogP contribution in [-0.2, 0) is 33.2 Å². The number of nitrogens with one attached hydrogen (secondary N) is 1. The summed E-state index contributed by atoms with van der Waals surface area (Å²) in [4.78, 5) is 50.4. The van der Waals surface area contributed by atoms with Gasteiger partial charge in [0.2, 0.25) is 17.6 Å². The number of alkyl halides is 2. The summed E-state index contributed by atoms with van der Waals surface area (Å²) in [6.45, 7) is -0.0746. The average molecular weight is 464 g/mol. The second kappa shape index (κ2) is 8.43. The van der Waals surface area contributed by atoms with Gasteiger partial charge in [-0.2, -0.15) is 8.78 Å². The van der Waals surface area contributed by atoms with E-state index in [0.717, 1.165) is 17.0 Å². The first kappa shape index (κ1) is 18.4. The van der Waals surface area contributed by atoms with E-state index >= 15 is 0 Å². The molecule has 0 radical (unpaired) electrons. The molecule has 2 aliphatic rings. The summed E-state index contributed by atoms with van der Waals surface area (Å²) in [5, 5.41) is 0.340. The van der Waals surface area contributed by atoms with Crippen molar-refractivity contribution in [1.29, 1.82) is 0 Å². The molecule has 166 valence electrons. The van der Waals surface area contributed by atoms with Crippen LogP contribution in [0.1, 0.15) is 49.0 Å². The summed E-state index contributed by atoms with van der Waals surface area (Å²) in [6.07, 6.45) is -3.70. The second-order valence-electron chi connectivity index (χ2n) is 7.51. The summed E-state index contributed by atoms with van der Waals surface area (Å²) in [7, 11) is 0. The standard InChI is InChI=1S/C23H19ClF2N2O4/c24-16-5-3-15(4-6-16)23(25,26)19(29)9-2-13-1-7-17-14(11-13)12-28(22(17)32)18-8-10-20(30)27-21(18)31/h1,3-7,11,18H,2,8-10,12H2,(H,27,30,31)/i2D,10D/hD. The third kappa shape index (κ3) is 4.14. The number of rotatable bonds is 6. The molecule has 3 unspecified atom stereocenters. The first-order chi connectivity index (χ1) is 16.4. The molecule has 0 bridgehead atoms. The lowest BCUT2D eigenvalue weighted by molar-refractivity contribution is -0.144. The fourth-order valence-electron chi connectivity index (χ4n) is 3.70. The largest absolute Gasteiger partial charge is 0.330 e. The highest BCUT2D eigenvalue weighted by molar-refractivity contribution is 6.30. The number of nitrogens with zero attached hydrogens (tertiary/aromatic N) is 1. The summed E-state index contributed by atoms with van der Waals surface area (Å²) in [5.41, 5.74) is 0.358. The number of imide groups is 1. The van der Waals surface area contributed by atoms with Gasteiger partial charge in [0.05, 0.1) is 0 Å². The normalized spacial score (nSPS) is 23.5. The Labute approximate surface area is 191 Å². The van der Waals surface area contributed by atoms with Gasteiger partial charge in [-0.1, -0.05) is 35.9 Å². The van der Waals surface area contributed by atoms with Crippen molar-refractivity contribution in [3.8, 4) is 0 Å². The van der Waals surface area contributed by atoms with Crippen molar-refractivity contribution in [3.05, 3.63) is 69.7 Å². The molecule has 3 atom stereocenters. The number of carbonyl (C=O) groups is 4. The van der Waals surface area contributed by atoms with Crippen LogP contribution in [0.2, 0.25) is 6.43 Å². The summed E-state index contributed by atoms with van der Waals surface area (Å²) < 4.78 is 52.8. The van der Waals surface area contributed by atoms with Crippen LogP contribution in [0.5, 0.6) is 0 Å². The molecule has 2 aromatic rings. The number of benzene rings is 2. The fraction of sp³-hybridized carbons (Fsp3) is 0.304. The molecule has 0 aromatic heterocycles. The van der Waals surface area contributed by atoms with Gasteiger partial charge in [0.1, 0.15) is 6.04 Å². The second-order valence-corrected chi connectivity index (χ2v) is 7.94. The third-order valence-electron chi connectivity index (χ3n) is 5.44. The monoisotopic (exact) mass is 463 g/mol. The molecular weight excluding hydrogens is 442 g/mol. The maximum atomic E-state index is 14.6. The van der Waals surface area contributed by atoms with E-state index in [2.05, 4.69) is 0 Å². The van der Waals surface area contributed by atoms with E-state index in [0.29, 0.717) is 5.56 Å². The topological polar surface area (TPSA) is 83.6 Å². The van der Waals surface area contributed by atoms with Gasteiger partial charge in [-0.3, -0.25) is 24.5 Å². The van der Waals surface area contributed by atoms with Crippen LogP contribution < -0.4 is 5.31 Å². The zero-order valence-electron chi connectivity index (χ0n) is 19.6. The molecule has 2 heterocycles. The van der Waals surface area contributed by atoms with Gasteiger partial charge >= 0.3 is 5.92 Å². The van der Waals surface area contributed by atoms with Crippen molar-refractivity contribution >= 4 is 35.1 Å². The first-order valence-corrected chi connectivity index (χ1v) is 10.1. The minimum atomic E-state index is -3.80. The smallest absolute Gasteiger partial charge is 0.322 e. The van der Waals surface area contributed by atoms with Crippen LogP contribution in [0.3, 0.4) is 0 Å². The van der Waals surface area contributed by atoms with Gasteiger partial charge in [-0.25, -0.2) is 0 Å². The van der Waals surface area contributed by atoms with Gasteiger partial charge in [0.15, 0.2) is 1.41 Å². The number of aryl methyl sites for hydroxylation is 1. The van der Waals surface area contributed by atoms with Crippen molar-refractivity contribution in [3.63, 3.8) is 0 Å². The van der Waals surface area contributed by atoms with Gasteiger partial charge in [0, 0.05) is 38.3 Å². The predicted molar refractivity (Wildman–Crippen MR) is 111 cm³/mol. The molecule has 0 aliphatic carbocycles. The van der Waals surface area contributed by atoms with Crippen LogP contribution in [-0.4, -0.2) is 34.4 Å². The Morgan fingerprint density at radius 3 is 2.69 bits per heavy atom. The Bertz CT molecular complexity index is 1230. The minimum absolute atomic E-state index is 0.0746. The van der Waals surface area contributed by atoms with E-state index in [9.17, 15) is 28.0 Å². The Hall–Kier alpha value is -3.13. The molecule has 2 aromatic carbocycles. The first-order valence-electron chi connectivity index (χ1n) is 11.3. The maximum Gasteiger partial charge on any atom is 0.330 e. The van der Waals surface area contributed by atoms with E-state index in [4.69, 9.17) is 15.8 Å². The van der Waals surface area contributed by atoms with E-state index in [1.165, 1.54) is 30.3 Å². The van der Waals surface area contributed by atoms with Crippen LogP contribution in [0.4, 0.5) is 8.78 Å². The van der Waals surface area contributed by atoms with E-state index in [1.54, 1.807) is 0 Å². The number of amides is 3. The maximum absolute atomic E-state index is 14.6. The number of hydrogen-bond donors (Lipinski definition) is 1. The van der Waals surface area contributed by atoms with Crippen molar-refractivity contribution in [1.82, 2.24) is 10.2 Å². The highest BCUT2D eigenvalue weighted by Gasteiger charge is 2.41. The Morgan fingerprint density at radius 1 is 1.25 bits per heavy atom. The molecule has 4 rings (SSSR count). The molecule has 6 nitrogen and oxygen atoms in total. The Kier molecular flexibility index (Phi) is 4.86. The Morgan fingerprint density at radius 2 is 1.97 bits per heavy atom. The molecule has 1 fully saturated rings. The molecule has 0 saturated carbocycles. The van der Waals surface area contributed by atoms with Crippen LogP contribution in [0.25, 0.3) is 0 Å². The highest BCUT2D eigenvalue weighted by Crippen LogP contribution is 2.32. The molecule has 0 spiro atoms. The predicted octanol–water partition coefficient (Wildman–Crippen LogP) is 3.39. The lowest BCUT2D eigenvalue weighted by Crippen LogP contribution is -2.52. The molecule has 1 N–H and O–H groups in total. The van der Waals surface area contributed by atoms with E-state index in [1.807, 2.05) is 0 Å². The number of halogens is 3. The molecular formula is C23H19ClF2N2O4. The molecule has 9 heteroatoms. The van der Waals surface area contributed by atoms with Crippen molar-refractivity contribution in [2.24, 2.45) is 0 Å². The fourth-order valence-corrected chi connectivity index (χ4v) is 3.83. The molecule has 1 saturated heterocycles. The van der Waals surface area contributed by atoms with E-state index in [-0.39, 0.29) is 34.4 Å². The van der Waals surface area contributed by atoms with Gasteiger partial charge in [-0.05, 0) is 42.1 Å². The zero-order chi connectivity index (χ0) is 25.7. The van der Waals surface area contributed by atoms with E-state index < -0.39 is 60.2 Å². The van der Waals surface area contributed by atoms with Crippen LogP contribution >= 0.6 is 11.6 Å². The van der Waals surface area contributed by atoms with Crippen molar-refractivity contribution in [2.75, 3.05) is 0 Å². The molecule has 32 heavy (non-hydrogen) atoms. The number of fused-ring (bicyclic) bond motifs is 1. The number of Topliss-reactive ketones (excluding diaryl/α,β-unsaturated/α-hetero) is 1. The quantitative estimate of drug-likeness (QED) is 0.665. The summed E-state index contributed by atoms with van der Waals surface area (Å²) in [6, 6.07) is 7.66. The number of hydrogen-bond acceptors (Lipinski definition) is 4. The SMILES string of the molecule is [2H]C1CC(N2Cc3cc(C([2H])CC(=O)C(F)(F)c4ccc(Cl)cc4)ccc3C2=O)C(=O)N([2H])C1=O. The van der Waals surface area contributed by atoms with Crippen LogP contribution in [0, 0.1) is 0 Å². The lowest BCUT2D eigenvalue weighted by Gasteiger charge is -2.29. The number of ketones is 1. The molecule has 3 amide bonds. The highest BCUT2D eigenvalue weighted by atomic mass is 35.5. The number of carbonyl (C=O) groups excluding carboxylic acids is 4. The minimum Gasteiger partial charge on any atom is -0.322 e. The third-order valence-corrected chi connectivity index (χ3v) is 5.69. The van der Waals surface area contributed by atoms with Crippen molar-refractivity contribution in [2.45, 2.75) is 44.1 Å². The van der Waals surface area contributed by atoms with Crippen LogP contribution in [0.15, 0.2) is 42.5 Å². The van der Waals surface area contributed by atoms with Gasteiger partial charge < -0.3 is 4.90 Å². The van der Waals surface area contributed by atoms with Crippen molar-refractivity contribution < 1.29 is 32.1 Å². The molecule has 2 aliphatic heterocycles. The summed E-state index contributed by atoms with van der Waals surface area (Å²) in [5.74, 6) is -7.65. The summed E-state index contributed by atoms with van der Waals surface area (Å²) >= 11 is 5.71.